The lowest BCUT2D eigenvalue weighted by Gasteiger charge is -2.09. The van der Waals surface area contributed by atoms with Crippen molar-refractivity contribution in [3.8, 4) is 0 Å². The van der Waals surface area contributed by atoms with E-state index in [1.165, 1.54) is 32.3 Å². The minimum absolute atomic E-state index is 0.170. The van der Waals surface area contributed by atoms with Crippen molar-refractivity contribution < 1.29 is 4.79 Å². The number of aryl methyl sites for hydroxylation is 2. The third kappa shape index (κ3) is 2.89. The Morgan fingerprint density at radius 3 is 2.82 bits per heavy atom. The van der Waals surface area contributed by atoms with Crippen molar-refractivity contribution >= 4 is 50.4 Å². The lowest BCUT2D eigenvalue weighted by Crippen LogP contribution is -2.28. The predicted octanol–water partition coefficient (Wildman–Crippen LogP) is 3.28. The second-order valence-electron chi connectivity index (χ2n) is 6.82. The zero-order chi connectivity index (χ0) is 19.3. The molecule has 0 radical (unpaired) electrons. The molecule has 7 nitrogen and oxygen atoms in total. The first kappa shape index (κ1) is 17.4. The number of fused-ring (bicyclic) bond motifs is 5. The molecule has 0 bridgehead atoms. The van der Waals surface area contributed by atoms with Gasteiger partial charge in [-0.15, -0.1) is 16.4 Å². The number of benzene rings is 1. The number of thiophene rings is 1. The fourth-order valence-electron chi connectivity index (χ4n) is 3.65. The van der Waals surface area contributed by atoms with Crippen molar-refractivity contribution in [2.45, 2.75) is 32.2 Å². The summed E-state index contributed by atoms with van der Waals surface area (Å²) in [5.41, 5.74) is 2.08. The Balaban J connectivity index is 1.51. The summed E-state index contributed by atoms with van der Waals surface area (Å²) >= 11 is 7.54. The van der Waals surface area contributed by atoms with E-state index in [2.05, 4.69) is 15.4 Å². The van der Waals surface area contributed by atoms with Crippen molar-refractivity contribution in [2.75, 3.05) is 5.32 Å². The number of rotatable bonds is 3. The Bertz CT molecular complexity index is 1270. The van der Waals surface area contributed by atoms with Crippen LogP contribution in [0.3, 0.4) is 0 Å². The van der Waals surface area contributed by atoms with E-state index in [1.807, 2.05) is 0 Å². The number of nitrogens with zero attached hydrogens (tertiary/aromatic N) is 4. The zero-order valence-electron chi connectivity index (χ0n) is 14.8. The summed E-state index contributed by atoms with van der Waals surface area (Å²) in [6, 6.07) is 6.79. The second kappa shape index (κ2) is 6.72. The lowest BCUT2D eigenvalue weighted by atomic mass is 9.97. The molecule has 0 saturated carbocycles. The van der Waals surface area contributed by atoms with E-state index in [1.54, 1.807) is 35.6 Å². The van der Waals surface area contributed by atoms with Gasteiger partial charge >= 0.3 is 5.69 Å². The fourth-order valence-corrected chi connectivity index (χ4v) is 5.00. The molecule has 1 aliphatic carbocycles. The van der Waals surface area contributed by atoms with Gasteiger partial charge in [-0.2, -0.15) is 0 Å². The maximum atomic E-state index is 12.7. The van der Waals surface area contributed by atoms with E-state index in [-0.39, 0.29) is 18.1 Å². The first-order valence-electron chi connectivity index (χ1n) is 9.04. The van der Waals surface area contributed by atoms with Crippen LogP contribution in [0.2, 0.25) is 5.02 Å². The monoisotopic (exact) mass is 413 g/mol. The molecule has 9 heteroatoms. The van der Waals surface area contributed by atoms with Crippen LogP contribution in [-0.2, 0) is 24.2 Å². The van der Waals surface area contributed by atoms with Crippen molar-refractivity contribution in [1.82, 2.24) is 19.2 Å². The number of aromatic nitrogens is 4. The number of nitrogens with one attached hydrogen (secondary N) is 1. The number of carbonyl (C=O) groups is 1. The van der Waals surface area contributed by atoms with E-state index in [4.69, 9.17) is 11.6 Å². The number of anilines is 1. The molecule has 0 aliphatic heterocycles. The first-order chi connectivity index (χ1) is 13.6. The van der Waals surface area contributed by atoms with Crippen molar-refractivity contribution in [1.29, 1.82) is 0 Å². The molecule has 0 spiro atoms. The maximum absolute atomic E-state index is 12.7. The van der Waals surface area contributed by atoms with Gasteiger partial charge in [0.1, 0.15) is 17.7 Å². The SMILES string of the molecule is O=C(Cn1nc2c3c4c(sc3ncn2c1=O)CCCC4)Nc1ccc(Cl)cc1. The largest absolute Gasteiger partial charge is 0.352 e. The Morgan fingerprint density at radius 2 is 2.00 bits per heavy atom. The van der Waals surface area contributed by atoms with E-state index in [0.717, 1.165) is 29.5 Å². The van der Waals surface area contributed by atoms with E-state index in [9.17, 15) is 9.59 Å². The van der Waals surface area contributed by atoms with Gasteiger partial charge in [0.15, 0.2) is 5.65 Å². The normalized spacial score (nSPS) is 13.8. The van der Waals surface area contributed by atoms with Crippen LogP contribution in [0.25, 0.3) is 15.9 Å². The molecule has 0 unspecified atom stereocenters. The van der Waals surface area contributed by atoms with Crippen molar-refractivity contribution in [2.24, 2.45) is 0 Å². The Hall–Kier alpha value is -2.71. The molecule has 1 aliphatic rings. The minimum atomic E-state index is -0.369. The molecule has 1 aromatic carbocycles. The highest BCUT2D eigenvalue weighted by molar-refractivity contribution is 7.19. The average Bonchev–Trinajstić information content (AvgIpc) is 3.21. The van der Waals surface area contributed by atoms with Gasteiger partial charge in [0.05, 0.1) is 5.39 Å². The highest BCUT2D eigenvalue weighted by Crippen LogP contribution is 2.36. The molecule has 1 N–H and O–H groups in total. The molecule has 3 heterocycles. The lowest BCUT2D eigenvalue weighted by molar-refractivity contribution is -0.117. The maximum Gasteiger partial charge on any atom is 0.352 e. The molecule has 0 fully saturated rings. The summed E-state index contributed by atoms with van der Waals surface area (Å²) in [6.45, 7) is -0.170. The minimum Gasteiger partial charge on any atom is -0.324 e. The zero-order valence-corrected chi connectivity index (χ0v) is 16.4. The number of carbonyl (C=O) groups excluding carboxylic acids is 1. The van der Waals surface area contributed by atoms with Crippen LogP contribution in [0.1, 0.15) is 23.3 Å². The molecule has 4 aromatic rings. The first-order valence-corrected chi connectivity index (χ1v) is 10.2. The summed E-state index contributed by atoms with van der Waals surface area (Å²) in [6.07, 6.45) is 5.85. The quantitative estimate of drug-likeness (QED) is 0.558. The summed E-state index contributed by atoms with van der Waals surface area (Å²) in [5.74, 6) is -0.329. The third-order valence-electron chi connectivity index (χ3n) is 4.96. The topological polar surface area (TPSA) is 81.3 Å². The Kier molecular flexibility index (Phi) is 4.17. The van der Waals surface area contributed by atoms with Crippen molar-refractivity contribution in [3.63, 3.8) is 0 Å². The van der Waals surface area contributed by atoms with Gasteiger partial charge in [-0.05, 0) is 55.5 Å². The standard InChI is InChI=1S/C19H16ClN5O2S/c20-11-5-7-12(8-6-11)22-15(26)9-25-19(27)24-10-21-18-16(17(24)23-25)13-3-1-2-4-14(13)28-18/h5-8,10H,1-4,9H2,(H,22,26). The van der Waals surface area contributed by atoms with Crippen LogP contribution in [-0.4, -0.2) is 25.1 Å². The van der Waals surface area contributed by atoms with Gasteiger partial charge in [-0.3, -0.25) is 4.79 Å². The van der Waals surface area contributed by atoms with Crippen LogP contribution in [0.4, 0.5) is 5.69 Å². The predicted molar refractivity (Wildman–Crippen MR) is 109 cm³/mol. The van der Waals surface area contributed by atoms with Crippen LogP contribution < -0.4 is 11.0 Å². The average molecular weight is 414 g/mol. The number of hydrogen-bond acceptors (Lipinski definition) is 5. The van der Waals surface area contributed by atoms with E-state index < -0.39 is 0 Å². The molecule has 5 rings (SSSR count). The fraction of sp³-hybridized carbons (Fsp3) is 0.263. The van der Waals surface area contributed by atoms with Gasteiger partial charge in [0.2, 0.25) is 5.91 Å². The van der Waals surface area contributed by atoms with Gasteiger partial charge in [-0.25, -0.2) is 18.9 Å². The van der Waals surface area contributed by atoms with Gasteiger partial charge in [-0.1, -0.05) is 11.6 Å². The molecule has 1 amide bonds. The van der Waals surface area contributed by atoms with Gasteiger partial charge in [0.25, 0.3) is 0 Å². The highest BCUT2D eigenvalue weighted by atomic mass is 35.5. The second-order valence-corrected chi connectivity index (χ2v) is 8.34. The van der Waals surface area contributed by atoms with Crippen LogP contribution >= 0.6 is 22.9 Å². The summed E-state index contributed by atoms with van der Waals surface area (Å²) in [5, 5.41) is 8.76. The summed E-state index contributed by atoms with van der Waals surface area (Å²) in [7, 11) is 0. The Labute approximate surface area is 168 Å². The van der Waals surface area contributed by atoms with Gasteiger partial charge < -0.3 is 5.32 Å². The van der Waals surface area contributed by atoms with Crippen molar-refractivity contribution in [3.05, 3.63) is 56.5 Å². The molecule has 0 atom stereocenters. The summed E-state index contributed by atoms with van der Waals surface area (Å²) in [4.78, 5) is 31.8. The van der Waals surface area contributed by atoms with E-state index in [0.29, 0.717) is 16.4 Å². The number of amides is 1. The molecule has 28 heavy (non-hydrogen) atoms. The van der Waals surface area contributed by atoms with Crippen LogP contribution in [0.15, 0.2) is 35.4 Å². The van der Waals surface area contributed by atoms with Gasteiger partial charge in [0, 0.05) is 15.6 Å². The van der Waals surface area contributed by atoms with E-state index >= 15 is 0 Å². The Morgan fingerprint density at radius 1 is 1.21 bits per heavy atom. The molecule has 0 saturated heterocycles. The number of halogens is 1. The van der Waals surface area contributed by atoms with Crippen LogP contribution in [0, 0.1) is 0 Å². The number of hydrogen-bond donors (Lipinski definition) is 1. The molecule has 142 valence electrons. The van der Waals surface area contributed by atoms with Crippen LogP contribution in [0.5, 0.6) is 0 Å². The molecular formula is C19H16ClN5O2S. The smallest absolute Gasteiger partial charge is 0.324 e. The summed E-state index contributed by atoms with van der Waals surface area (Å²) < 4.78 is 2.62. The highest BCUT2D eigenvalue weighted by Gasteiger charge is 2.22. The third-order valence-corrected chi connectivity index (χ3v) is 6.41. The molecular weight excluding hydrogens is 398 g/mol. The molecule has 3 aromatic heterocycles.